The standard InChI is InChI=1S/C17H17ClFN3O3S/c1-17(2,20)6-25-14-9(19)5-8-12(11(14)18)22(7-3-4-7)16-10(13(8)23)15(24)21-26-16/h5,7H,3-4,6,20H2,1-2H3,(H,21,24). The highest BCUT2D eigenvalue weighted by Crippen LogP contribution is 2.44. The van der Waals surface area contributed by atoms with Crippen molar-refractivity contribution in [3.05, 3.63) is 37.5 Å². The minimum absolute atomic E-state index is 0.0241. The maximum atomic E-state index is 14.6. The predicted octanol–water partition coefficient (Wildman–Crippen LogP) is 3.15. The lowest BCUT2D eigenvalue weighted by Crippen LogP contribution is -2.38. The first-order valence-electron chi connectivity index (χ1n) is 8.18. The van der Waals surface area contributed by atoms with Gasteiger partial charge in [0.25, 0.3) is 5.56 Å². The normalized spacial score (nSPS) is 15.1. The lowest BCUT2D eigenvalue weighted by Gasteiger charge is -2.21. The maximum Gasteiger partial charge on any atom is 0.271 e. The van der Waals surface area contributed by atoms with Crippen LogP contribution in [0.5, 0.6) is 5.75 Å². The second-order valence-electron chi connectivity index (χ2n) is 7.32. The maximum absolute atomic E-state index is 14.6. The highest BCUT2D eigenvalue weighted by molar-refractivity contribution is 7.12. The summed E-state index contributed by atoms with van der Waals surface area (Å²) in [6, 6.07) is 1.21. The highest BCUT2D eigenvalue weighted by Gasteiger charge is 2.31. The molecule has 3 N–H and O–H groups in total. The van der Waals surface area contributed by atoms with E-state index in [9.17, 15) is 14.0 Å². The van der Waals surface area contributed by atoms with Crippen LogP contribution in [0.25, 0.3) is 21.1 Å². The number of nitrogens with two attached hydrogens (primary N) is 1. The van der Waals surface area contributed by atoms with Gasteiger partial charge in [-0.3, -0.25) is 14.0 Å². The third-order valence-electron chi connectivity index (χ3n) is 4.26. The van der Waals surface area contributed by atoms with Crippen molar-refractivity contribution >= 4 is 44.3 Å². The monoisotopic (exact) mass is 397 g/mol. The lowest BCUT2D eigenvalue weighted by atomic mass is 10.1. The molecule has 1 fully saturated rings. The Morgan fingerprint density at radius 3 is 2.77 bits per heavy atom. The van der Waals surface area contributed by atoms with Gasteiger partial charge >= 0.3 is 0 Å². The van der Waals surface area contributed by atoms with Crippen LogP contribution in [0.2, 0.25) is 5.02 Å². The average molecular weight is 398 g/mol. The van der Waals surface area contributed by atoms with Gasteiger partial charge in [0.2, 0.25) is 5.43 Å². The van der Waals surface area contributed by atoms with E-state index < -0.39 is 22.3 Å². The number of nitrogens with zero attached hydrogens (tertiary/aromatic N) is 1. The van der Waals surface area contributed by atoms with Crippen LogP contribution in [0.15, 0.2) is 15.7 Å². The van der Waals surface area contributed by atoms with Crippen molar-refractivity contribution in [1.29, 1.82) is 0 Å². The zero-order chi connectivity index (χ0) is 18.8. The molecule has 0 aliphatic heterocycles. The fraction of sp³-hybridized carbons (Fsp3) is 0.412. The first-order valence-corrected chi connectivity index (χ1v) is 9.37. The smallest absolute Gasteiger partial charge is 0.271 e. The minimum atomic E-state index is -0.753. The third kappa shape index (κ3) is 2.72. The molecule has 0 spiro atoms. The van der Waals surface area contributed by atoms with E-state index >= 15 is 0 Å². The topological polar surface area (TPSA) is 90.1 Å². The van der Waals surface area contributed by atoms with Gasteiger partial charge in [0.1, 0.15) is 21.8 Å². The molecule has 4 rings (SSSR count). The van der Waals surface area contributed by atoms with E-state index in [1.165, 1.54) is 0 Å². The van der Waals surface area contributed by atoms with Crippen molar-refractivity contribution in [2.24, 2.45) is 5.73 Å². The first kappa shape index (κ1) is 17.5. The van der Waals surface area contributed by atoms with Gasteiger partial charge in [-0.25, -0.2) is 4.39 Å². The number of nitrogens with one attached hydrogen (secondary N) is 1. The quantitative estimate of drug-likeness (QED) is 0.707. The molecule has 26 heavy (non-hydrogen) atoms. The number of hydrogen-bond donors (Lipinski definition) is 2. The molecule has 2 heterocycles. The van der Waals surface area contributed by atoms with Gasteiger partial charge in [0.05, 0.1) is 10.9 Å². The van der Waals surface area contributed by atoms with Gasteiger partial charge in [-0.2, -0.15) is 0 Å². The summed E-state index contributed by atoms with van der Waals surface area (Å²) in [6.45, 7) is 3.56. The number of H-pyrrole nitrogens is 1. The van der Waals surface area contributed by atoms with E-state index in [0.29, 0.717) is 10.3 Å². The number of pyridine rings is 1. The molecule has 0 atom stereocenters. The van der Waals surface area contributed by atoms with Gasteiger partial charge in [-0.05, 0) is 44.3 Å². The van der Waals surface area contributed by atoms with Crippen LogP contribution in [0.3, 0.4) is 0 Å². The molecule has 1 aliphatic rings. The minimum Gasteiger partial charge on any atom is -0.487 e. The summed E-state index contributed by atoms with van der Waals surface area (Å²) in [6.07, 6.45) is 1.80. The highest BCUT2D eigenvalue weighted by atomic mass is 35.5. The molecule has 0 bridgehead atoms. The fourth-order valence-electron chi connectivity index (χ4n) is 2.97. The zero-order valence-corrected chi connectivity index (χ0v) is 15.8. The van der Waals surface area contributed by atoms with E-state index in [1.807, 2.05) is 4.57 Å². The van der Waals surface area contributed by atoms with Gasteiger partial charge in [0.15, 0.2) is 11.6 Å². The van der Waals surface area contributed by atoms with Crippen LogP contribution in [-0.4, -0.2) is 21.1 Å². The number of rotatable bonds is 4. The molecule has 0 amide bonds. The van der Waals surface area contributed by atoms with E-state index in [-0.39, 0.29) is 34.2 Å². The van der Waals surface area contributed by atoms with Crippen molar-refractivity contribution < 1.29 is 9.13 Å². The van der Waals surface area contributed by atoms with Crippen LogP contribution >= 0.6 is 23.1 Å². The van der Waals surface area contributed by atoms with E-state index in [0.717, 1.165) is 30.4 Å². The Morgan fingerprint density at radius 1 is 1.46 bits per heavy atom. The predicted molar refractivity (Wildman–Crippen MR) is 101 cm³/mol. The van der Waals surface area contributed by atoms with E-state index in [4.69, 9.17) is 22.1 Å². The third-order valence-corrected chi connectivity index (χ3v) is 5.50. The summed E-state index contributed by atoms with van der Waals surface area (Å²) in [7, 11) is 0. The summed E-state index contributed by atoms with van der Waals surface area (Å²) < 4.78 is 24.6. The van der Waals surface area contributed by atoms with Crippen LogP contribution in [0.4, 0.5) is 4.39 Å². The Labute approximate surface area is 156 Å². The van der Waals surface area contributed by atoms with Crippen molar-refractivity contribution in [1.82, 2.24) is 8.94 Å². The Hall–Kier alpha value is -1.90. The summed E-state index contributed by atoms with van der Waals surface area (Å²) in [5.74, 6) is -0.883. The molecule has 9 heteroatoms. The number of halogens is 2. The van der Waals surface area contributed by atoms with Crippen molar-refractivity contribution in [2.45, 2.75) is 38.3 Å². The molecule has 1 aromatic carbocycles. The molecule has 1 saturated carbocycles. The molecule has 0 saturated heterocycles. The second kappa shape index (κ2) is 5.80. The van der Waals surface area contributed by atoms with Crippen LogP contribution in [0.1, 0.15) is 32.7 Å². The summed E-state index contributed by atoms with van der Waals surface area (Å²) in [5, 5.41) is 0.146. The Kier molecular flexibility index (Phi) is 3.91. The van der Waals surface area contributed by atoms with Gasteiger partial charge in [-0.15, -0.1) is 0 Å². The average Bonchev–Trinajstić information content (AvgIpc) is 3.30. The largest absolute Gasteiger partial charge is 0.487 e. The molecular formula is C17H17ClFN3O3S. The Balaban J connectivity index is 2.08. The number of aromatic nitrogens is 2. The van der Waals surface area contributed by atoms with Gasteiger partial charge < -0.3 is 15.0 Å². The molecule has 3 aromatic rings. The molecule has 0 radical (unpaired) electrons. The zero-order valence-electron chi connectivity index (χ0n) is 14.2. The number of benzene rings is 1. The Bertz CT molecular complexity index is 1150. The molecule has 138 valence electrons. The first-order chi connectivity index (χ1) is 12.2. The summed E-state index contributed by atoms with van der Waals surface area (Å²) in [5.41, 5.74) is 4.63. The van der Waals surface area contributed by atoms with Crippen molar-refractivity contribution in [2.75, 3.05) is 6.61 Å². The Morgan fingerprint density at radius 2 is 2.15 bits per heavy atom. The van der Waals surface area contributed by atoms with Gasteiger partial charge in [0, 0.05) is 11.6 Å². The molecular weight excluding hydrogens is 381 g/mol. The van der Waals surface area contributed by atoms with Crippen LogP contribution in [0, 0.1) is 5.82 Å². The van der Waals surface area contributed by atoms with Crippen molar-refractivity contribution in [3.63, 3.8) is 0 Å². The molecule has 0 unspecified atom stereocenters. The van der Waals surface area contributed by atoms with Crippen LogP contribution in [-0.2, 0) is 0 Å². The summed E-state index contributed by atoms with van der Waals surface area (Å²) in [4.78, 5) is 25.4. The fourth-order valence-corrected chi connectivity index (χ4v) is 4.23. The van der Waals surface area contributed by atoms with E-state index in [1.54, 1.807) is 13.8 Å². The molecule has 6 nitrogen and oxygen atoms in total. The number of hydrogen-bond acceptors (Lipinski definition) is 5. The number of aromatic amines is 1. The van der Waals surface area contributed by atoms with Crippen molar-refractivity contribution in [3.8, 4) is 5.75 Å². The number of fused-ring (bicyclic) bond motifs is 2. The van der Waals surface area contributed by atoms with E-state index in [2.05, 4.69) is 4.37 Å². The number of ether oxygens (including phenoxy) is 1. The van der Waals surface area contributed by atoms with Crippen LogP contribution < -0.4 is 21.5 Å². The summed E-state index contributed by atoms with van der Waals surface area (Å²) >= 11 is 7.57. The van der Waals surface area contributed by atoms with Gasteiger partial charge in [-0.1, -0.05) is 11.6 Å². The lowest BCUT2D eigenvalue weighted by molar-refractivity contribution is 0.234. The SMILES string of the molecule is CC(C)(N)COc1c(F)cc2c(=O)c3c(=O)[nH]sc3n(C3CC3)c2c1Cl. The molecule has 2 aromatic heterocycles. The molecule has 1 aliphatic carbocycles. The second-order valence-corrected chi connectivity index (χ2v) is 8.49.